The normalized spacial score (nSPS) is 34.7. The number of aliphatic hydroxyl groups is 2. The zero-order chi connectivity index (χ0) is 24.8. The molecule has 1 aromatic carbocycles. The van der Waals surface area contributed by atoms with Crippen molar-refractivity contribution < 1.29 is 33.9 Å². The lowest BCUT2D eigenvalue weighted by molar-refractivity contribution is -0.209. The summed E-state index contributed by atoms with van der Waals surface area (Å²) in [5.41, 5.74) is 0.885. The summed E-state index contributed by atoms with van der Waals surface area (Å²) in [6.45, 7) is 5.04. The molecule has 2 bridgehead atoms. The van der Waals surface area contributed by atoms with Gasteiger partial charge in [0.2, 0.25) is 0 Å². The van der Waals surface area contributed by atoms with Gasteiger partial charge in [0.15, 0.2) is 11.5 Å². The predicted molar refractivity (Wildman–Crippen MR) is 133 cm³/mol. The number of methoxy groups -OCH3 is 1. The number of hydrogen-bond donors (Lipinski definition) is 2. The van der Waals surface area contributed by atoms with E-state index in [9.17, 15) is 10.2 Å². The number of benzene rings is 1. The zero-order valence-electron chi connectivity index (χ0n) is 21.5. The van der Waals surface area contributed by atoms with Crippen molar-refractivity contribution in [3.8, 4) is 11.5 Å². The molecule has 5 aliphatic rings. The lowest BCUT2D eigenvalue weighted by Crippen LogP contribution is -2.77. The number of rotatable bonds is 12. The lowest BCUT2D eigenvalue weighted by Gasteiger charge is -2.64. The van der Waals surface area contributed by atoms with Crippen molar-refractivity contribution in [2.24, 2.45) is 5.92 Å². The second-order valence-corrected chi connectivity index (χ2v) is 11.3. The first-order valence-electron chi connectivity index (χ1n) is 13.8. The summed E-state index contributed by atoms with van der Waals surface area (Å²) in [4.78, 5) is 2.56. The summed E-state index contributed by atoms with van der Waals surface area (Å²) >= 11 is 0. The van der Waals surface area contributed by atoms with Crippen molar-refractivity contribution in [3.63, 3.8) is 0 Å². The van der Waals surface area contributed by atoms with Crippen LogP contribution in [0.1, 0.15) is 49.7 Å². The van der Waals surface area contributed by atoms with Gasteiger partial charge >= 0.3 is 0 Å². The third kappa shape index (κ3) is 3.87. The Bertz CT molecular complexity index is 939. The molecular weight excluding hydrogens is 462 g/mol. The van der Waals surface area contributed by atoms with Crippen molar-refractivity contribution >= 4 is 0 Å². The first-order valence-corrected chi connectivity index (χ1v) is 13.8. The van der Waals surface area contributed by atoms with Gasteiger partial charge in [0.05, 0.1) is 50.2 Å². The fourth-order valence-electron chi connectivity index (χ4n) is 7.61. The molecular formula is C28H41NO7. The highest BCUT2D eigenvalue weighted by Gasteiger charge is 2.72. The molecule has 2 N–H and O–H groups in total. The smallest absolute Gasteiger partial charge is 0.166 e. The molecule has 3 aliphatic carbocycles. The van der Waals surface area contributed by atoms with Crippen LogP contribution in [0.25, 0.3) is 0 Å². The van der Waals surface area contributed by atoms with Gasteiger partial charge in [-0.2, -0.15) is 0 Å². The monoisotopic (exact) mass is 503 g/mol. The van der Waals surface area contributed by atoms with Gasteiger partial charge in [0, 0.05) is 25.3 Å². The van der Waals surface area contributed by atoms with E-state index in [-0.39, 0.29) is 6.04 Å². The second kappa shape index (κ2) is 10.0. The summed E-state index contributed by atoms with van der Waals surface area (Å²) in [6, 6.07) is 4.24. The summed E-state index contributed by atoms with van der Waals surface area (Å²) in [5.74, 6) is 2.17. The lowest BCUT2D eigenvalue weighted by atomic mass is 9.48. The number of nitrogens with zero attached hydrogens (tertiary/aromatic N) is 1. The fourth-order valence-corrected chi connectivity index (χ4v) is 7.61. The third-order valence-corrected chi connectivity index (χ3v) is 9.53. The molecule has 1 spiro atoms. The number of aliphatic hydroxyl groups excluding tert-OH is 1. The highest BCUT2D eigenvalue weighted by atomic mass is 16.6. The van der Waals surface area contributed by atoms with Crippen molar-refractivity contribution in [2.75, 3.05) is 59.8 Å². The molecule has 2 aliphatic heterocycles. The standard InChI is InChI=1S/C28H41NO7/c1-32-11-12-33-13-14-34-15-16-35-22-6-5-20-17-23-28(31)8-7-21(30)26-27(28,24(20)25(22)36-26)9-10-29(23)18-19-3-2-4-19/h5-6,19,21,23,26,30-31H,2-4,7-18H2,1H3/t21-,23+,26-,27-,28+/m0/s1. The molecule has 2 saturated carbocycles. The molecule has 3 fully saturated rings. The van der Waals surface area contributed by atoms with E-state index in [1.54, 1.807) is 7.11 Å². The van der Waals surface area contributed by atoms with Crippen LogP contribution in [0.2, 0.25) is 0 Å². The van der Waals surface area contributed by atoms with Gasteiger partial charge in [-0.3, -0.25) is 4.90 Å². The van der Waals surface area contributed by atoms with Crippen LogP contribution in [0.4, 0.5) is 0 Å². The van der Waals surface area contributed by atoms with E-state index in [1.807, 2.05) is 6.07 Å². The van der Waals surface area contributed by atoms with Crippen LogP contribution in [0.15, 0.2) is 12.1 Å². The van der Waals surface area contributed by atoms with E-state index in [0.717, 1.165) is 43.2 Å². The Labute approximate surface area is 213 Å². The van der Waals surface area contributed by atoms with Crippen LogP contribution < -0.4 is 9.47 Å². The molecule has 8 heteroatoms. The van der Waals surface area contributed by atoms with Gasteiger partial charge in [0.25, 0.3) is 0 Å². The molecule has 8 nitrogen and oxygen atoms in total. The van der Waals surface area contributed by atoms with E-state index in [1.165, 1.54) is 24.8 Å². The van der Waals surface area contributed by atoms with E-state index in [2.05, 4.69) is 11.0 Å². The molecule has 6 rings (SSSR count). The molecule has 0 amide bonds. The van der Waals surface area contributed by atoms with Crippen LogP contribution in [-0.2, 0) is 26.0 Å². The van der Waals surface area contributed by atoms with E-state index >= 15 is 0 Å². The summed E-state index contributed by atoms with van der Waals surface area (Å²) in [5, 5.41) is 23.5. The quantitative estimate of drug-likeness (QED) is 0.419. The van der Waals surface area contributed by atoms with Crippen LogP contribution in [0, 0.1) is 5.92 Å². The van der Waals surface area contributed by atoms with Crippen molar-refractivity contribution in [2.45, 2.75) is 74.2 Å². The van der Waals surface area contributed by atoms with Crippen molar-refractivity contribution in [1.29, 1.82) is 0 Å². The highest BCUT2D eigenvalue weighted by molar-refractivity contribution is 5.63. The molecule has 0 radical (unpaired) electrons. The SMILES string of the molecule is COCCOCCOCCOc1ccc2c3c1O[C@H]1[C@@H](O)CC[C@@]4(O)[C@@H](C2)N(CC2CCC2)CC[C@]314. The Hall–Kier alpha value is -1.42. The average molecular weight is 504 g/mol. The summed E-state index contributed by atoms with van der Waals surface area (Å²) < 4.78 is 28.7. The van der Waals surface area contributed by atoms with E-state index in [4.69, 9.17) is 23.7 Å². The second-order valence-electron chi connectivity index (χ2n) is 11.3. The van der Waals surface area contributed by atoms with Gasteiger partial charge in [-0.05, 0) is 62.6 Å². The van der Waals surface area contributed by atoms with Gasteiger partial charge in [-0.25, -0.2) is 0 Å². The van der Waals surface area contributed by atoms with Gasteiger partial charge in [0.1, 0.15) is 12.7 Å². The molecule has 0 unspecified atom stereocenters. The van der Waals surface area contributed by atoms with Crippen LogP contribution in [-0.4, -0.2) is 98.8 Å². The van der Waals surface area contributed by atoms with Crippen molar-refractivity contribution in [1.82, 2.24) is 4.90 Å². The minimum absolute atomic E-state index is 0.0789. The summed E-state index contributed by atoms with van der Waals surface area (Å²) in [6.07, 6.45) is 5.76. The number of ether oxygens (including phenoxy) is 5. The Kier molecular flexibility index (Phi) is 6.94. The molecule has 1 saturated heterocycles. The predicted octanol–water partition coefficient (Wildman–Crippen LogP) is 2.06. The zero-order valence-corrected chi connectivity index (χ0v) is 21.5. The Morgan fingerprint density at radius 3 is 2.56 bits per heavy atom. The minimum atomic E-state index is -0.887. The molecule has 1 aromatic rings. The van der Waals surface area contributed by atoms with Crippen LogP contribution in [0.5, 0.6) is 11.5 Å². The first-order chi connectivity index (χ1) is 17.6. The maximum absolute atomic E-state index is 12.4. The highest BCUT2D eigenvalue weighted by Crippen LogP contribution is 2.65. The van der Waals surface area contributed by atoms with Crippen LogP contribution >= 0.6 is 0 Å². The average Bonchev–Trinajstić information content (AvgIpc) is 3.20. The molecule has 36 heavy (non-hydrogen) atoms. The van der Waals surface area contributed by atoms with Crippen molar-refractivity contribution in [3.05, 3.63) is 23.3 Å². The molecule has 0 aromatic heterocycles. The largest absolute Gasteiger partial charge is 0.487 e. The van der Waals surface area contributed by atoms with Gasteiger partial charge < -0.3 is 33.9 Å². The Morgan fingerprint density at radius 1 is 1.03 bits per heavy atom. The van der Waals surface area contributed by atoms with Crippen LogP contribution in [0.3, 0.4) is 0 Å². The minimum Gasteiger partial charge on any atom is -0.487 e. The van der Waals surface area contributed by atoms with E-state index < -0.39 is 23.2 Å². The number of piperidine rings is 1. The van der Waals surface area contributed by atoms with Gasteiger partial charge in [-0.15, -0.1) is 0 Å². The number of likely N-dealkylation sites (tertiary alicyclic amines) is 1. The maximum atomic E-state index is 12.4. The topological polar surface area (TPSA) is 89.9 Å². The summed E-state index contributed by atoms with van der Waals surface area (Å²) in [7, 11) is 1.65. The molecule has 2 heterocycles. The molecule has 200 valence electrons. The Morgan fingerprint density at radius 2 is 1.81 bits per heavy atom. The third-order valence-electron chi connectivity index (χ3n) is 9.53. The first kappa shape index (κ1) is 24.9. The fraction of sp³-hybridized carbons (Fsp3) is 0.786. The van der Waals surface area contributed by atoms with E-state index in [0.29, 0.717) is 58.2 Å². The maximum Gasteiger partial charge on any atom is 0.166 e. The molecule has 5 atom stereocenters. The number of hydrogen-bond acceptors (Lipinski definition) is 8. The Balaban J connectivity index is 1.19. The van der Waals surface area contributed by atoms with Gasteiger partial charge in [-0.1, -0.05) is 12.5 Å².